The van der Waals surface area contributed by atoms with E-state index in [0.29, 0.717) is 45.2 Å². The predicted molar refractivity (Wildman–Crippen MR) is 76.0 cm³/mol. The van der Waals surface area contributed by atoms with Crippen LogP contribution in [-0.2, 0) is 19.6 Å². The van der Waals surface area contributed by atoms with Gasteiger partial charge in [0.2, 0.25) is 15.9 Å². The number of nitrogens with zero attached hydrogens (tertiary/aromatic N) is 1. The Morgan fingerprint density at radius 2 is 1.71 bits per heavy atom. The van der Waals surface area contributed by atoms with Crippen LogP contribution in [0.4, 0.5) is 0 Å². The molecular weight excluding hydrogens is 296 g/mol. The minimum atomic E-state index is -3.18. The standard InChI is InChI=1S/C13H22N2O5S/c1-21(19,20)15-6-4-9(5-7-15)12(16)14-11-3-2-10(8-11)13(17)18/h9-11H,2-8H2,1H3,(H,14,16)(H,17,18). The van der Waals surface area contributed by atoms with Crippen molar-refractivity contribution in [3.63, 3.8) is 0 Å². The molecule has 0 aromatic heterocycles. The van der Waals surface area contributed by atoms with Crippen LogP contribution < -0.4 is 5.32 Å². The molecule has 0 spiro atoms. The number of piperidine rings is 1. The highest BCUT2D eigenvalue weighted by Gasteiger charge is 2.33. The summed E-state index contributed by atoms with van der Waals surface area (Å²) in [4.78, 5) is 23.1. The molecule has 1 amide bonds. The van der Waals surface area contributed by atoms with Crippen LogP contribution in [0, 0.1) is 11.8 Å². The van der Waals surface area contributed by atoms with E-state index in [-0.39, 0.29) is 23.8 Å². The molecule has 2 atom stereocenters. The number of sulfonamides is 1. The Kier molecular flexibility index (Phi) is 4.88. The van der Waals surface area contributed by atoms with Crippen molar-refractivity contribution in [3.8, 4) is 0 Å². The number of carbonyl (C=O) groups is 2. The van der Waals surface area contributed by atoms with Gasteiger partial charge < -0.3 is 10.4 Å². The van der Waals surface area contributed by atoms with Gasteiger partial charge in [0, 0.05) is 25.0 Å². The third-order valence-corrected chi connectivity index (χ3v) is 5.73. The second-order valence-electron chi connectivity index (χ2n) is 5.99. The number of carboxylic acids is 1. The van der Waals surface area contributed by atoms with Gasteiger partial charge in [0.15, 0.2) is 0 Å². The van der Waals surface area contributed by atoms with Crippen LogP contribution in [0.15, 0.2) is 0 Å². The molecule has 0 radical (unpaired) electrons. The topological polar surface area (TPSA) is 104 Å². The second kappa shape index (κ2) is 6.31. The van der Waals surface area contributed by atoms with Gasteiger partial charge in [0.1, 0.15) is 0 Å². The van der Waals surface area contributed by atoms with Gasteiger partial charge in [-0.1, -0.05) is 0 Å². The van der Waals surface area contributed by atoms with Crippen molar-refractivity contribution < 1.29 is 23.1 Å². The Morgan fingerprint density at radius 1 is 1.10 bits per heavy atom. The first-order chi connectivity index (χ1) is 9.77. The van der Waals surface area contributed by atoms with Gasteiger partial charge in [-0.2, -0.15) is 0 Å². The van der Waals surface area contributed by atoms with E-state index in [1.165, 1.54) is 10.6 Å². The fourth-order valence-electron chi connectivity index (χ4n) is 3.11. The van der Waals surface area contributed by atoms with Gasteiger partial charge >= 0.3 is 5.97 Å². The number of amides is 1. The molecule has 2 N–H and O–H groups in total. The molecule has 2 unspecified atom stereocenters. The Bertz CT molecular complexity index is 511. The maximum absolute atomic E-state index is 12.2. The summed E-state index contributed by atoms with van der Waals surface area (Å²) in [5.74, 6) is -1.40. The quantitative estimate of drug-likeness (QED) is 0.761. The fraction of sp³-hybridized carbons (Fsp3) is 0.846. The molecule has 0 bridgehead atoms. The van der Waals surface area contributed by atoms with Crippen molar-refractivity contribution in [2.24, 2.45) is 11.8 Å². The lowest BCUT2D eigenvalue weighted by Gasteiger charge is -2.30. The summed E-state index contributed by atoms with van der Waals surface area (Å²) in [7, 11) is -3.18. The van der Waals surface area contributed by atoms with Crippen LogP contribution in [0.2, 0.25) is 0 Å². The van der Waals surface area contributed by atoms with Gasteiger partial charge in [0.05, 0.1) is 12.2 Å². The van der Waals surface area contributed by atoms with E-state index in [1.807, 2.05) is 0 Å². The van der Waals surface area contributed by atoms with Crippen LogP contribution >= 0.6 is 0 Å². The zero-order valence-corrected chi connectivity index (χ0v) is 12.9. The van der Waals surface area contributed by atoms with E-state index in [0.717, 1.165) is 0 Å². The fourth-order valence-corrected chi connectivity index (χ4v) is 3.98. The summed E-state index contributed by atoms with van der Waals surface area (Å²) < 4.78 is 24.2. The van der Waals surface area contributed by atoms with E-state index in [4.69, 9.17) is 5.11 Å². The second-order valence-corrected chi connectivity index (χ2v) is 7.97. The minimum absolute atomic E-state index is 0.0634. The van der Waals surface area contributed by atoms with Gasteiger partial charge in [0.25, 0.3) is 0 Å². The molecule has 1 heterocycles. The Labute approximate surface area is 124 Å². The zero-order valence-electron chi connectivity index (χ0n) is 12.1. The number of carboxylic acid groups (broad SMARTS) is 1. The number of rotatable bonds is 4. The zero-order chi connectivity index (χ0) is 15.6. The van der Waals surface area contributed by atoms with Crippen molar-refractivity contribution in [3.05, 3.63) is 0 Å². The number of aliphatic carboxylic acids is 1. The van der Waals surface area contributed by atoms with E-state index in [2.05, 4.69) is 5.32 Å². The predicted octanol–water partition coefficient (Wildman–Crippen LogP) is 0.0275. The number of hydrogen-bond acceptors (Lipinski definition) is 4. The smallest absolute Gasteiger partial charge is 0.306 e. The first kappa shape index (κ1) is 16.2. The first-order valence-corrected chi connectivity index (χ1v) is 9.10. The van der Waals surface area contributed by atoms with E-state index >= 15 is 0 Å². The Morgan fingerprint density at radius 3 is 2.19 bits per heavy atom. The van der Waals surface area contributed by atoms with Crippen LogP contribution in [0.1, 0.15) is 32.1 Å². The molecule has 1 saturated heterocycles. The summed E-state index contributed by atoms with van der Waals surface area (Å²) >= 11 is 0. The number of nitrogens with one attached hydrogen (secondary N) is 1. The SMILES string of the molecule is CS(=O)(=O)N1CCC(C(=O)NC2CCC(C(=O)O)C2)CC1. The number of carbonyl (C=O) groups excluding carboxylic acids is 1. The summed E-state index contributed by atoms with van der Waals surface area (Å²) in [5, 5.41) is 11.9. The highest BCUT2D eigenvalue weighted by atomic mass is 32.2. The average Bonchev–Trinajstić information content (AvgIpc) is 2.86. The molecule has 21 heavy (non-hydrogen) atoms. The molecule has 120 valence electrons. The third kappa shape index (κ3) is 4.16. The highest BCUT2D eigenvalue weighted by Crippen LogP contribution is 2.27. The largest absolute Gasteiger partial charge is 0.481 e. The van der Waals surface area contributed by atoms with E-state index in [1.54, 1.807) is 0 Å². The molecule has 2 rings (SSSR count). The van der Waals surface area contributed by atoms with Crippen LogP contribution in [0.25, 0.3) is 0 Å². The molecule has 0 aromatic rings. The lowest BCUT2D eigenvalue weighted by atomic mass is 9.96. The minimum Gasteiger partial charge on any atom is -0.481 e. The van der Waals surface area contributed by atoms with Crippen molar-refractivity contribution in [1.82, 2.24) is 9.62 Å². The summed E-state index contributed by atoms with van der Waals surface area (Å²) in [6, 6.07) is -0.0634. The molecule has 2 aliphatic rings. The van der Waals surface area contributed by atoms with Gasteiger partial charge in [-0.25, -0.2) is 12.7 Å². The molecule has 2 fully saturated rings. The molecule has 7 nitrogen and oxygen atoms in total. The monoisotopic (exact) mass is 318 g/mol. The Balaban J connectivity index is 1.79. The van der Waals surface area contributed by atoms with Crippen LogP contribution in [0.3, 0.4) is 0 Å². The van der Waals surface area contributed by atoms with Crippen molar-refractivity contribution in [2.45, 2.75) is 38.1 Å². The van der Waals surface area contributed by atoms with Gasteiger partial charge in [-0.05, 0) is 32.1 Å². The lowest BCUT2D eigenvalue weighted by molar-refractivity contribution is -0.141. The normalized spacial score (nSPS) is 28.4. The molecule has 8 heteroatoms. The summed E-state index contributed by atoms with van der Waals surface area (Å²) in [5.41, 5.74) is 0. The average molecular weight is 318 g/mol. The van der Waals surface area contributed by atoms with Crippen LogP contribution in [-0.4, -0.2) is 55.1 Å². The molecule has 0 aromatic carbocycles. The maximum Gasteiger partial charge on any atom is 0.306 e. The Hall–Kier alpha value is -1.15. The van der Waals surface area contributed by atoms with Crippen molar-refractivity contribution in [2.75, 3.05) is 19.3 Å². The summed E-state index contributed by atoms with van der Waals surface area (Å²) in [6.45, 7) is 0.749. The van der Waals surface area contributed by atoms with Crippen LogP contribution in [0.5, 0.6) is 0 Å². The first-order valence-electron chi connectivity index (χ1n) is 7.25. The summed E-state index contributed by atoms with van der Waals surface area (Å²) in [6.07, 6.45) is 4.01. The van der Waals surface area contributed by atoms with E-state index < -0.39 is 16.0 Å². The molecule has 1 aliphatic heterocycles. The van der Waals surface area contributed by atoms with Gasteiger partial charge in [-0.3, -0.25) is 9.59 Å². The van der Waals surface area contributed by atoms with Crippen molar-refractivity contribution >= 4 is 21.9 Å². The molecule has 1 saturated carbocycles. The maximum atomic E-state index is 12.2. The highest BCUT2D eigenvalue weighted by molar-refractivity contribution is 7.88. The third-order valence-electron chi connectivity index (χ3n) is 4.42. The molecular formula is C13H22N2O5S. The van der Waals surface area contributed by atoms with Crippen molar-refractivity contribution in [1.29, 1.82) is 0 Å². The molecule has 1 aliphatic carbocycles. The lowest BCUT2D eigenvalue weighted by Crippen LogP contribution is -2.44. The van der Waals surface area contributed by atoms with E-state index in [9.17, 15) is 18.0 Å². The van der Waals surface area contributed by atoms with Gasteiger partial charge in [-0.15, -0.1) is 0 Å². The number of hydrogen-bond donors (Lipinski definition) is 2.